The van der Waals surface area contributed by atoms with Crippen LogP contribution in [0, 0.1) is 41.7 Å². The minimum atomic E-state index is -0.662. The maximum atomic E-state index is 13.8. The second kappa shape index (κ2) is 11.8. The van der Waals surface area contributed by atoms with E-state index in [4.69, 9.17) is 4.74 Å². The van der Waals surface area contributed by atoms with E-state index in [1.807, 2.05) is 44.2 Å². The monoisotopic (exact) mass is 595 g/mol. The number of ether oxygens (including phenoxy) is 1. The van der Waals surface area contributed by atoms with Crippen molar-refractivity contribution in [3.63, 3.8) is 0 Å². The summed E-state index contributed by atoms with van der Waals surface area (Å²) in [6, 6.07) is 15.1. The quantitative estimate of drug-likeness (QED) is 0.158. The molecule has 226 valence electrons. The van der Waals surface area contributed by atoms with Gasteiger partial charge in [-0.15, -0.1) is 0 Å². The van der Waals surface area contributed by atoms with Crippen LogP contribution in [0.4, 0.5) is 11.4 Å². The smallest absolute Gasteiger partial charge is 0.271 e. The summed E-state index contributed by atoms with van der Waals surface area (Å²) in [6.45, 7) is 3.72. The van der Waals surface area contributed by atoms with E-state index in [0.29, 0.717) is 18.4 Å². The van der Waals surface area contributed by atoms with Gasteiger partial charge in [0.2, 0.25) is 11.8 Å². The molecule has 2 amide bonds. The van der Waals surface area contributed by atoms with Gasteiger partial charge in [0.05, 0.1) is 47.5 Å². The number of fused-ring (bicyclic) bond motifs is 3. The minimum absolute atomic E-state index is 0.177. The Morgan fingerprint density at radius 1 is 1.09 bits per heavy atom. The van der Waals surface area contributed by atoms with Crippen molar-refractivity contribution in [3.8, 4) is 5.75 Å². The summed E-state index contributed by atoms with van der Waals surface area (Å²) in [4.78, 5) is 43.7. The van der Waals surface area contributed by atoms with Crippen molar-refractivity contribution in [1.29, 1.82) is 0 Å². The lowest BCUT2D eigenvalue weighted by Gasteiger charge is -2.31. The average Bonchev–Trinajstić information content (AvgIpc) is 3.55. The molecule has 10 heteroatoms. The van der Waals surface area contributed by atoms with Gasteiger partial charge in [-0.2, -0.15) is 0 Å². The number of nitro groups is 1. The number of aromatic hydroxyl groups is 1. The van der Waals surface area contributed by atoms with Crippen molar-refractivity contribution < 1.29 is 29.5 Å². The highest BCUT2D eigenvalue weighted by molar-refractivity contribution is 6.22. The van der Waals surface area contributed by atoms with Gasteiger partial charge < -0.3 is 14.9 Å². The van der Waals surface area contributed by atoms with Crippen LogP contribution in [-0.2, 0) is 14.3 Å². The molecule has 0 radical (unpaired) electrons. The van der Waals surface area contributed by atoms with Crippen LogP contribution < -0.4 is 4.90 Å². The largest absolute Gasteiger partial charge is 0.507 e. The molecule has 1 aromatic heterocycles. The number of rotatable bonds is 8. The number of aliphatic hydroxyl groups excluding tert-OH is 1. The zero-order valence-corrected chi connectivity index (χ0v) is 24.5. The first-order chi connectivity index (χ1) is 21.2. The Hall–Kier alpha value is -4.67. The number of hydrogen-bond donors (Lipinski definition) is 2. The van der Waals surface area contributed by atoms with Crippen molar-refractivity contribution >= 4 is 34.8 Å². The molecule has 2 aliphatic heterocycles. The number of imide groups is 1. The Labute approximate surface area is 254 Å². The SMILES string of the molecule is Cc1cc(/C=C(/CC[C@H]2OC[C@H]3C2=C(CO)C[C@H]2C(=O)N(c4cccc([N+](=O)[O-])c4)C(=O)[C@H]23)c2ccccn2)cc(C)c1O. The molecule has 44 heavy (non-hydrogen) atoms. The van der Waals surface area contributed by atoms with Crippen molar-refractivity contribution in [2.45, 2.75) is 39.2 Å². The van der Waals surface area contributed by atoms with Crippen molar-refractivity contribution in [2.75, 3.05) is 18.1 Å². The van der Waals surface area contributed by atoms with Gasteiger partial charge in [-0.3, -0.25) is 24.7 Å². The summed E-state index contributed by atoms with van der Waals surface area (Å²) in [6.07, 6.45) is 4.84. The number of carbonyl (C=O) groups excluding carboxylic acids is 2. The number of anilines is 1. The number of allylic oxidation sites excluding steroid dienone is 1. The van der Waals surface area contributed by atoms with Gasteiger partial charge >= 0.3 is 0 Å². The first-order valence-electron chi connectivity index (χ1n) is 14.7. The number of aryl methyl sites for hydroxylation is 2. The number of aromatic nitrogens is 1. The summed E-state index contributed by atoms with van der Waals surface area (Å²) in [7, 11) is 0. The molecular formula is C34H33N3O7. The lowest BCUT2D eigenvalue weighted by molar-refractivity contribution is -0.384. The van der Waals surface area contributed by atoms with E-state index < -0.39 is 28.6 Å². The molecule has 3 aliphatic rings. The van der Waals surface area contributed by atoms with Gasteiger partial charge in [-0.05, 0) is 103 Å². The van der Waals surface area contributed by atoms with Crippen LogP contribution >= 0.6 is 0 Å². The maximum Gasteiger partial charge on any atom is 0.271 e. The molecule has 2 saturated heterocycles. The molecular weight excluding hydrogens is 562 g/mol. The lowest BCUT2D eigenvalue weighted by Crippen LogP contribution is -2.35. The molecule has 2 fully saturated rings. The number of amides is 2. The van der Waals surface area contributed by atoms with Gasteiger partial charge in [0.25, 0.3) is 5.69 Å². The Morgan fingerprint density at radius 3 is 2.55 bits per heavy atom. The van der Waals surface area contributed by atoms with Crippen molar-refractivity contribution in [3.05, 3.63) is 104 Å². The van der Waals surface area contributed by atoms with Gasteiger partial charge in [-0.1, -0.05) is 12.1 Å². The molecule has 3 heterocycles. The van der Waals surface area contributed by atoms with E-state index in [9.17, 15) is 29.9 Å². The molecule has 3 aromatic rings. The van der Waals surface area contributed by atoms with E-state index in [0.717, 1.165) is 38.4 Å². The van der Waals surface area contributed by atoms with E-state index in [2.05, 4.69) is 11.1 Å². The van der Waals surface area contributed by atoms with Gasteiger partial charge in [0, 0.05) is 24.2 Å². The fraction of sp³-hybridized carbons (Fsp3) is 0.324. The normalized spacial score (nSPS) is 23.2. The highest BCUT2D eigenvalue weighted by atomic mass is 16.6. The number of nitro benzene ring substituents is 1. The second-order valence-corrected chi connectivity index (χ2v) is 11.7. The number of hydrogen-bond acceptors (Lipinski definition) is 8. The molecule has 2 aromatic carbocycles. The lowest BCUT2D eigenvalue weighted by atomic mass is 9.69. The summed E-state index contributed by atoms with van der Waals surface area (Å²) in [5, 5.41) is 32.0. The summed E-state index contributed by atoms with van der Waals surface area (Å²) >= 11 is 0. The Kier molecular flexibility index (Phi) is 7.87. The Morgan fingerprint density at radius 2 is 1.86 bits per heavy atom. The maximum absolute atomic E-state index is 13.8. The van der Waals surface area contributed by atoms with E-state index in [1.165, 1.54) is 24.3 Å². The summed E-state index contributed by atoms with van der Waals surface area (Å²) in [5.74, 6) is -2.22. The predicted octanol–water partition coefficient (Wildman–Crippen LogP) is 5.15. The van der Waals surface area contributed by atoms with E-state index in [1.54, 1.807) is 6.20 Å². The van der Waals surface area contributed by atoms with Crippen LogP contribution in [0.1, 0.15) is 41.6 Å². The van der Waals surface area contributed by atoms with Gasteiger partial charge in [-0.25, -0.2) is 4.90 Å². The van der Waals surface area contributed by atoms with Crippen LogP contribution in [0.25, 0.3) is 11.6 Å². The van der Waals surface area contributed by atoms with E-state index in [-0.39, 0.29) is 48.8 Å². The van der Waals surface area contributed by atoms with Gasteiger partial charge in [0.1, 0.15) is 5.75 Å². The fourth-order valence-electron chi connectivity index (χ4n) is 7.01. The molecule has 2 N–H and O–H groups in total. The molecule has 0 bridgehead atoms. The van der Waals surface area contributed by atoms with Crippen LogP contribution in [0.5, 0.6) is 5.75 Å². The molecule has 10 nitrogen and oxygen atoms in total. The molecule has 0 spiro atoms. The topological polar surface area (TPSA) is 143 Å². The molecule has 0 unspecified atom stereocenters. The van der Waals surface area contributed by atoms with Crippen molar-refractivity contribution in [1.82, 2.24) is 4.98 Å². The third-order valence-electron chi connectivity index (χ3n) is 9.02. The second-order valence-electron chi connectivity index (χ2n) is 11.7. The molecule has 6 rings (SSSR count). The first-order valence-corrected chi connectivity index (χ1v) is 14.7. The highest BCUT2D eigenvalue weighted by Crippen LogP contribution is 2.50. The Bertz CT molecular complexity index is 1690. The number of aliphatic hydroxyl groups is 1. The summed E-state index contributed by atoms with van der Waals surface area (Å²) < 4.78 is 6.28. The Balaban J connectivity index is 1.28. The van der Waals surface area contributed by atoms with Crippen LogP contribution in [-0.4, -0.2) is 51.3 Å². The number of pyridine rings is 1. The molecule has 4 atom stereocenters. The molecule has 1 aliphatic carbocycles. The number of nitrogens with zero attached hydrogens (tertiary/aromatic N) is 3. The van der Waals surface area contributed by atoms with Crippen LogP contribution in [0.3, 0.4) is 0 Å². The third-order valence-corrected chi connectivity index (χ3v) is 9.02. The van der Waals surface area contributed by atoms with Crippen LogP contribution in [0.15, 0.2) is 71.9 Å². The number of phenols is 1. The number of non-ortho nitro benzene ring substituents is 1. The third kappa shape index (κ3) is 5.20. The minimum Gasteiger partial charge on any atom is -0.507 e. The highest BCUT2D eigenvalue weighted by Gasteiger charge is 2.57. The van der Waals surface area contributed by atoms with Crippen molar-refractivity contribution in [2.24, 2.45) is 17.8 Å². The van der Waals surface area contributed by atoms with E-state index >= 15 is 0 Å². The summed E-state index contributed by atoms with van der Waals surface area (Å²) in [5.41, 5.74) is 5.87. The number of benzene rings is 2. The zero-order valence-electron chi connectivity index (χ0n) is 24.5. The van der Waals surface area contributed by atoms with Crippen LogP contribution in [0.2, 0.25) is 0 Å². The first kappa shape index (κ1) is 29.4. The average molecular weight is 596 g/mol. The van der Waals surface area contributed by atoms with Gasteiger partial charge in [0.15, 0.2) is 0 Å². The zero-order chi connectivity index (χ0) is 31.1. The fourth-order valence-corrected chi connectivity index (χ4v) is 7.01. The number of carbonyl (C=O) groups is 2. The standard InChI is InChI=1S/C34H33N3O7/c1-19-12-21(13-20(2)32(19)39)14-22(28-8-3-4-11-35-28)9-10-29-30-23(17-38)15-26-31(27(30)18-44-29)34(41)36(33(26)40)24-6-5-7-25(16-24)37(42)43/h3-8,11-14,16,26-27,29,31,38-39H,9-10,15,17-18H2,1-2H3/b22-14-/t26-,27+,29-,31-/m1/s1. The molecule has 0 saturated carbocycles. The predicted molar refractivity (Wildman–Crippen MR) is 163 cm³/mol. The number of phenolic OH excluding ortho intramolecular Hbond substituents is 1.